The van der Waals surface area contributed by atoms with E-state index in [1.54, 1.807) is 14.2 Å². The van der Waals surface area contributed by atoms with Crippen molar-refractivity contribution in [2.75, 3.05) is 14.2 Å². The van der Waals surface area contributed by atoms with Crippen molar-refractivity contribution in [3.8, 4) is 0 Å². The van der Waals surface area contributed by atoms with Crippen LogP contribution in [-0.4, -0.2) is 14.2 Å². The first-order chi connectivity index (χ1) is 6.68. The summed E-state index contributed by atoms with van der Waals surface area (Å²) in [6.07, 6.45) is 0.752. The van der Waals surface area contributed by atoms with Crippen LogP contribution in [0.5, 0.6) is 0 Å². The van der Waals surface area contributed by atoms with Crippen LogP contribution in [0, 0.1) is 0 Å². The molecule has 0 spiro atoms. The largest absolute Gasteiger partial charge is 0.349 e. The van der Waals surface area contributed by atoms with Crippen LogP contribution in [-0.2, 0) is 15.3 Å². The Hall–Kier alpha value is -0.570. The summed E-state index contributed by atoms with van der Waals surface area (Å²) in [4.78, 5) is 0. The molecule has 0 saturated carbocycles. The van der Waals surface area contributed by atoms with Gasteiger partial charge in [0.15, 0.2) is 5.79 Å². The van der Waals surface area contributed by atoms with Crippen LogP contribution in [0.15, 0.2) is 24.3 Å². The highest BCUT2D eigenvalue weighted by Gasteiger charge is 2.29. The molecule has 0 saturated heterocycles. The molecule has 0 radical (unpaired) electrons. The topological polar surface area (TPSA) is 18.5 Å². The summed E-state index contributed by atoms with van der Waals surface area (Å²) >= 11 is 5.81. The van der Waals surface area contributed by atoms with Gasteiger partial charge in [-0.25, -0.2) is 0 Å². The molecule has 0 amide bonds. The average Bonchev–Trinajstić information content (AvgIpc) is 2.24. The molecule has 0 unspecified atom stereocenters. The van der Waals surface area contributed by atoms with Gasteiger partial charge in [-0.15, -0.1) is 0 Å². The fourth-order valence-electron chi connectivity index (χ4n) is 1.52. The molecular weight excluding hydrogens is 200 g/mol. The molecule has 14 heavy (non-hydrogen) atoms. The van der Waals surface area contributed by atoms with E-state index in [0.717, 1.165) is 12.0 Å². The lowest BCUT2D eigenvalue weighted by atomic mass is 10.0. The Labute approximate surface area is 89.8 Å². The Kier molecular flexibility index (Phi) is 3.93. The van der Waals surface area contributed by atoms with Crippen molar-refractivity contribution >= 4 is 11.6 Å². The molecule has 0 aliphatic heterocycles. The third-order valence-electron chi connectivity index (χ3n) is 2.41. The van der Waals surface area contributed by atoms with Crippen LogP contribution in [0.25, 0.3) is 0 Å². The summed E-state index contributed by atoms with van der Waals surface area (Å²) in [5.74, 6) is -0.648. The molecule has 0 bridgehead atoms. The Morgan fingerprint density at radius 1 is 1.14 bits per heavy atom. The van der Waals surface area contributed by atoms with Crippen LogP contribution < -0.4 is 0 Å². The Morgan fingerprint density at radius 3 is 2.00 bits per heavy atom. The second-order valence-corrected chi connectivity index (χ2v) is 3.46. The van der Waals surface area contributed by atoms with Crippen molar-refractivity contribution in [3.05, 3.63) is 34.9 Å². The third kappa shape index (κ3) is 2.08. The van der Waals surface area contributed by atoms with Crippen molar-refractivity contribution in [1.82, 2.24) is 0 Å². The van der Waals surface area contributed by atoms with E-state index < -0.39 is 5.79 Å². The average molecular weight is 215 g/mol. The van der Waals surface area contributed by atoms with Crippen LogP contribution >= 0.6 is 11.6 Å². The van der Waals surface area contributed by atoms with Gasteiger partial charge in [-0.2, -0.15) is 0 Å². The summed E-state index contributed by atoms with van der Waals surface area (Å²) in [7, 11) is 3.28. The van der Waals surface area contributed by atoms with E-state index >= 15 is 0 Å². The molecule has 0 aromatic heterocycles. The Morgan fingerprint density at radius 2 is 1.64 bits per heavy atom. The van der Waals surface area contributed by atoms with Crippen molar-refractivity contribution < 1.29 is 9.47 Å². The molecule has 3 heteroatoms. The molecular formula is C11H15ClO2. The second-order valence-electron chi connectivity index (χ2n) is 3.02. The number of methoxy groups -OCH3 is 2. The summed E-state index contributed by atoms with van der Waals surface area (Å²) in [5, 5.41) is 0.714. The molecule has 0 atom stereocenters. The molecule has 0 N–H and O–H groups in total. The van der Waals surface area contributed by atoms with Gasteiger partial charge in [-0.1, -0.05) is 30.7 Å². The summed E-state index contributed by atoms with van der Waals surface area (Å²) in [6, 6.07) is 7.50. The maximum atomic E-state index is 5.81. The van der Waals surface area contributed by atoms with Gasteiger partial charge in [0.1, 0.15) is 0 Å². The van der Waals surface area contributed by atoms with Gasteiger partial charge < -0.3 is 9.47 Å². The Bertz CT molecular complexity index is 270. The highest BCUT2D eigenvalue weighted by Crippen LogP contribution is 2.30. The zero-order chi connectivity index (χ0) is 10.6. The predicted molar refractivity (Wildman–Crippen MR) is 57.4 cm³/mol. The van der Waals surface area contributed by atoms with Crippen molar-refractivity contribution in [3.63, 3.8) is 0 Å². The van der Waals surface area contributed by atoms with E-state index in [1.165, 1.54) is 0 Å². The van der Waals surface area contributed by atoms with Gasteiger partial charge in [-0.3, -0.25) is 0 Å². The van der Waals surface area contributed by atoms with Gasteiger partial charge in [0, 0.05) is 31.2 Å². The summed E-state index contributed by atoms with van der Waals surface area (Å²) in [6.45, 7) is 2.02. The predicted octanol–water partition coefficient (Wildman–Crippen LogP) is 3.20. The van der Waals surface area contributed by atoms with Crippen LogP contribution in [0.3, 0.4) is 0 Å². The maximum absolute atomic E-state index is 5.81. The minimum Gasteiger partial charge on any atom is -0.349 e. The number of hydrogen-bond donors (Lipinski definition) is 0. The van der Waals surface area contributed by atoms with E-state index in [-0.39, 0.29) is 0 Å². The van der Waals surface area contributed by atoms with Gasteiger partial charge in [0.05, 0.1) is 0 Å². The standard InChI is InChI=1S/C11H15ClO2/c1-4-11(13-2,14-3)9-5-7-10(12)8-6-9/h5-8H,4H2,1-3H3. The second kappa shape index (κ2) is 4.78. The normalized spacial score (nSPS) is 11.7. The lowest BCUT2D eigenvalue weighted by Crippen LogP contribution is -2.29. The molecule has 78 valence electrons. The zero-order valence-corrected chi connectivity index (χ0v) is 9.47. The summed E-state index contributed by atoms with van der Waals surface area (Å²) < 4.78 is 10.8. The van der Waals surface area contributed by atoms with Gasteiger partial charge in [0.25, 0.3) is 0 Å². The fraction of sp³-hybridized carbons (Fsp3) is 0.455. The molecule has 0 fully saturated rings. The van der Waals surface area contributed by atoms with E-state index in [0.29, 0.717) is 5.02 Å². The number of hydrogen-bond acceptors (Lipinski definition) is 2. The molecule has 0 aliphatic rings. The first kappa shape index (κ1) is 11.5. The van der Waals surface area contributed by atoms with Gasteiger partial charge in [-0.05, 0) is 12.1 Å². The quantitative estimate of drug-likeness (QED) is 0.717. The molecule has 0 heterocycles. The minimum atomic E-state index is -0.648. The van der Waals surface area contributed by atoms with Crippen LogP contribution in [0.4, 0.5) is 0 Å². The first-order valence-electron chi connectivity index (χ1n) is 4.55. The lowest BCUT2D eigenvalue weighted by Gasteiger charge is -2.30. The fourth-order valence-corrected chi connectivity index (χ4v) is 1.64. The van der Waals surface area contributed by atoms with E-state index in [2.05, 4.69) is 0 Å². The van der Waals surface area contributed by atoms with Crippen molar-refractivity contribution in [2.24, 2.45) is 0 Å². The monoisotopic (exact) mass is 214 g/mol. The SMILES string of the molecule is CCC(OC)(OC)c1ccc(Cl)cc1. The number of ether oxygens (including phenoxy) is 2. The van der Waals surface area contributed by atoms with Crippen molar-refractivity contribution in [1.29, 1.82) is 0 Å². The zero-order valence-electron chi connectivity index (χ0n) is 8.71. The Balaban J connectivity index is 3.05. The van der Waals surface area contributed by atoms with Crippen molar-refractivity contribution in [2.45, 2.75) is 19.1 Å². The highest BCUT2D eigenvalue weighted by atomic mass is 35.5. The molecule has 0 aliphatic carbocycles. The number of benzene rings is 1. The van der Waals surface area contributed by atoms with Gasteiger partial charge in [0.2, 0.25) is 0 Å². The van der Waals surface area contributed by atoms with Crippen LogP contribution in [0.2, 0.25) is 5.02 Å². The van der Waals surface area contributed by atoms with E-state index in [1.807, 2.05) is 31.2 Å². The summed E-state index contributed by atoms with van der Waals surface area (Å²) in [5.41, 5.74) is 0.981. The lowest BCUT2D eigenvalue weighted by molar-refractivity contribution is -0.217. The highest BCUT2D eigenvalue weighted by molar-refractivity contribution is 6.30. The van der Waals surface area contributed by atoms with Crippen LogP contribution in [0.1, 0.15) is 18.9 Å². The molecule has 1 aromatic rings. The van der Waals surface area contributed by atoms with E-state index in [4.69, 9.17) is 21.1 Å². The number of rotatable bonds is 4. The first-order valence-corrected chi connectivity index (χ1v) is 4.92. The van der Waals surface area contributed by atoms with Gasteiger partial charge >= 0.3 is 0 Å². The molecule has 1 rings (SSSR count). The maximum Gasteiger partial charge on any atom is 0.193 e. The molecule has 2 nitrogen and oxygen atoms in total. The molecule has 1 aromatic carbocycles. The number of halogens is 1. The van der Waals surface area contributed by atoms with E-state index in [9.17, 15) is 0 Å². The smallest absolute Gasteiger partial charge is 0.193 e. The third-order valence-corrected chi connectivity index (χ3v) is 2.66. The minimum absolute atomic E-state index is 0.648.